The number of fused-ring (bicyclic) bond motifs is 1. The zero-order valence-electron chi connectivity index (χ0n) is 11.7. The third kappa shape index (κ3) is 2.79. The predicted octanol–water partition coefficient (Wildman–Crippen LogP) is 1.38. The van der Waals surface area contributed by atoms with Crippen LogP contribution in [0.3, 0.4) is 0 Å². The Morgan fingerprint density at radius 2 is 1.74 bits per heavy atom. The van der Waals surface area contributed by atoms with Crippen LogP contribution in [0.1, 0.15) is 5.56 Å². The van der Waals surface area contributed by atoms with E-state index in [1.54, 1.807) is 24.3 Å². The smallest absolute Gasteiger partial charge is 0.269 e. The second kappa shape index (κ2) is 5.45. The van der Waals surface area contributed by atoms with E-state index in [1.165, 1.54) is 0 Å². The van der Waals surface area contributed by atoms with E-state index in [0.29, 0.717) is 5.69 Å². The molecule has 1 aliphatic heterocycles. The first-order chi connectivity index (χ1) is 10.9. The first-order valence-electron chi connectivity index (χ1n) is 6.56. The minimum Gasteiger partial charge on any atom is -0.273 e. The summed E-state index contributed by atoms with van der Waals surface area (Å²) >= 11 is 0. The van der Waals surface area contributed by atoms with Gasteiger partial charge in [-0.15, -0.1) is 4.83 Å². The molecule has 2 aromatic carbocycles. The monoisotopic (exact) mass is 333 g/mol. The molecular formula is C14H11N3O5S. The second-order valence-corrected chi connectivity index (χ2v) is 6.54. The predicted molar refractivity (Wildman–Crippen MR) is 81.0 cm³/mol. The quantitative estimate of drug-likeness (QED) is 0.671. The Morgan fingerprint density at radius 3 is 2.39 bits per heavy atom. The number of nitro groups is 1. The van der Waals surface area contributed by atoms with Crippen molar-refractivity contribution in [3.05, 3.63) is 64.2 Å². The van der Waals surface area contributed by atoms with Crippen LogP contribution in [-0.2, 0) is 21.2 Å². The van der Waals surface area contributed by atoms with Crippen LogP contribution in [-0.4, -0.2) is 19.2 Å². The van der Waals surface area contributed by atoms with E-state index in [9.17, 15) is 23.3 Å². The third-order valence-electron chi connectivity index (χ3n) is 3.39. The van der Waals surface area contributed by atoms with Gasteiger partial charge in [0.1, 0.15) is 0 Å². The van der Waals surface area contributed by atoms with Gasteiger partial charge >= 0.3 is 0 Å². The van der Waals surface area contributed by atoms with E-state index < -0.39 is 20.9 Å². The Labute approximate surface area is 131 Å². The number of amides is 1. The van der Waals surface area contributed by atoms with Gasteiger partial charge in [0.2, 0.25) is 5.91 Å². The molecule has 0 saturated heterocycles. The van der Waals surface area contributed by atoms with Crippen molar-refractivity contribution in [2.45, 2.75) is 11.3 Å². The van der Waals surface area contributed by atoms with Crippen molar-refractivity contribution in [3.8, 4) is 0 Å². The number of hydrogen-bond donors (Lipinski definition) is 1. The SMILES string of the molecule is O=C1Cc2ccccc2N1NS(=O)(=O)c1ccc([N+](=O)[O-])cc1. The van der Waals surface area contributed by atoms with Gasteiger partial charge in [-0.2, -0.15) is 0 Å². The van der Waals surface area contributed by atoms with Gasteiger partial charge in [-0.25, -0.2) is 13.4 Å². The van der Waals surface area contributed by atoms with Gasteiger partial charge in [0.05, 0.1) is 21.9 Å². The molecule has 8 nitrogen and oxygen atoms in total. The Kier molecular flexibility index (Phi) is 3.58. The van der Waals surface area contributed by atoms with Gasteiger partial charge in [-0.05, 0) is 23.8 Å². The molecule has 1 N–H and O–H groups in total. The molecule has 2 aromatic rings. The van der Waals surface area contributed by atoms with Gasteiger partial charge in [0.25, 0.3) is 15.7 Å². The summed E-state index contributed by atoms with van der Waals surface area (Å²) < 4.78 is 24.7. The van der Waals surface area contributed by atoms with Gasteiger partial charge in [0.15, 0.2) is 0 Å². The molecule has 3 rings (SSSR count). The summed E-state index contributed by atoms with van der Waals surface area (Å²) in [5, 5.41) is 11.6. The van der Waals surface area contributed by atoms with Crippen LogP contribution in [0, 0.1) is 10.1 Å². The lowest BCUT2D eigenvalue weighted by molar-refractivity contribution is -0.384. The molecule has 0 saturated carbocycles. The van der Waals surface area contributed by atoms with Crippen LogP contribution in [0.15, 0.2) is 53.4 Å². The number of nitro benzene ring substituents is 1. The molecule has 0 aliphatic carbocycles. The number of carbonyl (C=O) groups excluding carboxylic acids is 1. The number of rotatable bonds is 4. The van der Waals surface area contributed by atoms with Crippen molar-refractivity contribution >= 4 is 27.3 Å². The van der Waals surface area contributed by atoms with E-state index >= 15 is 0 Å². The molecule has 0 unspecified atom stereocenters. The van der Waals surface area contributed by atoms with E-state index in [-0.39, 0.29) is 17.0 Å². The number of nitrogens with one attached hydrogen (secondary N) is 1. The third-order valence-corrected chi connectivity index (χ3v) is 4.71. The lowest BCUT2D eigenvalue weighted by Gasteiger charge is -2.18. The Morgan fingerprint density at radius 1 is 1.09 bits per heavy atom. The minimum atomic E-state index is -4.03. The molecule has 23 heavy (non-hydrogen) atoms. The van der Waals surface area contributed by atoms with Crippen molar-refractivity contribution < 1.29 is 18.1 Å². The Balaban J connectivity index is 1.90. The number of hydrazine groups is 1. The van der Waals surface area contributed by atoms with Gasteiger partial charge in [-0.3, -0.25) is 14.9 Å². The standard InChI is InChI=1S/C14H11N3O5S/c18-14-9-10-3-1-2-4-13(10)16(14)15-23(21,22)12-7-5-11(6-8-12)17(19)20/h1-8,15H,9H2. The van der Waals surface area contributed by atoms with Crippen molar-refractivity contribution in [1.29, 1.82) is 0 Å². The molecule has 1 aliphatic rings. The largest absolute Gasteiger partial charge is 0.273 e. The number of para-hydroxylation sites is 1. The van der Waals surface area contributed by atoms with Crippen molar-refractivity contribution in [2.24, 2.45) is 0 Å². The molecular weight excluding hydrogens is 322 g/mol. The molecule has 1 heterocycles. The Hall–Kier alpha value is -2.78. The number of hydrogen-bond acceptors (Lipinski definition) is 5. The normalized spacial score (nSPS) is 13.9. The van der Waals surface area contributed by atoms with Gasteiger partial charge < -0.3 is 0 Å². The molecule has 0 radical (unpaired) electrons. The van der Waals surface area contributed by atoms with E-state index in [1.807, 2.05) is 0 Å². The maximum absolute atomic E-state index is 12.3. The first kappa shape index (κ1) is 15.1. The maximum atomic E-state index is 12.3. The van der Waals surface area contributed by atoms with E-state index in [0.717, 1.165) is 34.8 Å². The first-order valence-corrected chi connectivity index (χ1v) is 8.04. The Bertz CT molecular complexity index is 893. The zero-order chi connectivity index (χ0) is 16.6. The van der Waals surface area contributed by atoms with Crippen LogP contribution in [0.5, 0.6) is 0 Å². The summed E-state index contributed by atoms with van der Waals surface area (Å²) in [6.07, 6.45) is 0.110. The summed E-state index contributed by atoms with van der Waals surface area (Å²) in [4.78, 5) is 24.0. The molecule has 0 aromatic heterocycles. The molecule has 0 fully saturated rings. The number of benzene rings is 2. The summed E-state index contributed by atoms with van der Waals surface area (Å²) in [6, 6.07) is 11.3. The summed E-state index contributed by atoms with van der Waals surface area (Å²) in [5.41, 5.74) is 0.985. The highest BCUT2D eigenvalue weighted by Crippen LogP contribution is 2.27. The molecule has 9 heteroatoms. The van der Waals surface area contributed by atoms with Crippen molar-refractivity contribution in [3.63, 3.8) is 0 Å². The van der Waals surface area contributed by atoms with Crippen LogP contribution >= 0.6 is 0 Å². The number of carbonyl (C=O) groups is 1. The lowest BCUT2D eigenvalue weighted by Crippen LogP contribution is -2.44. The molecule has 118 valence electrons. The molecule has 1 amide bonds. The highest BCUT2D eigenvalue weighted by atomic mass is 32.2. The second-order valence-electron chi connectivity index (χ2n) is 4.88. The maximum Gasteiger partial charge on any atom is 0.269 e. The summed E-state index contributed by atoms with van der Waals surface area (Å²) in [5.74, 6) is -0.392. The number of nitrogens with zero attached hydrogens (tertiary/aromatic N) is 2. The van der Waals surface area contributed by atoms with E-state index in [2.05, 4.69) is 4.83 Å². The van der Waals surface area contributed by atoms with Gasteiger partial charge in [0, 0.05) is 12.1 Å². The highest BCUT2D eigenvalue weighted by Gasteiger charge is 2.31. The van der Waals surface area contributed by atoms with Crippen LogP contribution in [0.25, 0.3) is 0 Å². The molecule has 0 atom stereocenters. The average Bonchev–Trinajstić information content (AvgIpc) is 2.83. The summed E-state index contributed by atoms with van der Waals surface area (Å²) in [6.45, 7) is 0. The van der Waals surface area contributed by atoms with Crippen molar-refractivity contribution in [2.75, 3.05) is 5.01 Å². The zero-order valence-corrected chi connectivity index (χ0v) is 12.5. The minimum absolute atomic E-state index is 0.110. The van der Waals surface area contributed by atoms with Gasteiger partial charge in [-0.1, -0.05) is 18.2 Å². The molecule has 0 bridgehead atoms. The fourth-order valence-corrected chi connectivity index (χ4v) is 3.32. The average molecular weight is 333 g/mol. The number of non-ortho nitro benzene ring substituents is 1. The fraction of sp³-hybridized carbons (Fsp3) is 0.0714. The van der Waals surface area contributed by atoms with E-state index in [4.69, 9.17) is 0 Å². The topological polar surface area (TPSA) is 110 Å². The molecule has 0 spiro atoms. The number of anilines is 1. The van der Waals surface area contributed by atoms with Crippen LogP contribution < -0.4 is 9.84 Å². The summed E-state index contributed by atoms with van der Waals surface area (Å²) in [7, 11) is -4.03. The lowest BCUT2D eigenvalue weighted by atomic mass is 10.2. The van der Waals surface area contributed by atoms with Crippen molar-refractivity contribution in [1.82, 2.24) is 4.83 Å². The number of sulfonamides is 1. The fourth-order valence-electron chi connectivity index (χ4n) is 2.27. The van der Waals surface area contributed by atoms with Crippen LogP contribution in [0.4, 0.5) is 11.4 Å². The highest BCUT2D eigenvalue weighted by molar-refractivity contribution is 7.89. The van der Waals surface area contributed by atoms with Crippen LogP contribution in [0.2, 0.25) is 0 Å².